The molecule has 8 heteroatoms. The molecule has 8 nitrogen and oxygen atoms in total. The Kier molecular flexibility index (Phi) is 6.81. The average Bonchev–Trinajstić information content (AvgIpc) is 3.06. The third-order valence-corrected chi connectivity index (χ3v) is 5.98. The SMILES string of the molecule is CC(=O)Nc1ccc2c(c1)c1ccccc1n2CC(O)CN1CCN(C(=O)OC(C)(C)C)CC1. The first kappa shape index (κ1) is 24.0. The summed E-state index contributed by atoms with van der Waals surface area (Å²) in [4.78, 5) is 27.7. The molecule has 2 aromatic carbocycles. The van der Waals surface area contributed by atoms with Crippen molar-refractivity contribution in [3.8, 4) is 0 Å². The highest BCUT2D eigenvalue weighted by molar-refractivity contribution is 6.09. The predicted molar refractivity (Wildman–Crippen MR) is 134 cm³/mol. The van der Waals surface area contributed by atoms with Crippen LogP contribution in [-0.4, -0.2) is 75.9 Å². The third kappa shape index (κ3) is 5.51. The smallest absolute Gasteiger partial charge is 0.410 e. The van der Waals surface area contributed by atoms with Gasteiger partial charge in [-0.15, -0.1) is 0 Å². The predicted octanol–water partition coefficient (Wildman–Crippen LogP) is 3.67. The number of rotatable bonds is 5. The zero-order valence-corrected chi connectivity index (χ0v) is 20.4. The van der Waals surface area contributed by atoms with Crippen molar-refractivity contribution in [2.24, 2.45) is 0 Å². The summed E-state index contributed by atoms with van der Waals surface area (Å²) in [6.45, 7) is 10.7. The Morgan fingerprint density at radius 3 is 2.35 bits per heavy atom. The number of hydrogen-bond donors (Lipinski definition) is 2. The molecule has 1 aromatic heterocycles. The van der Waals surface area contributed by atoms with Gasteiger partial charge in [-0.05, 0) is 45.0 Å². The van der Waals surface area contributed by atoms with Crippen LogP contribution >= 0.6 is 0 Å². The van der Waals surface area contributed by atoms with E-state index in [-0.39, 0.29) is 12.0 Å². The Hall–Kier alpha value is -3.10. The van der Waals surface area contributed by atoms with Crippen molar-refractivity contribution in [2.75, 3.05) is 38.0 Å². The van der Waals surface area contributed by atoms with Gasteiger partial charge in [0.2, 0.25) is 5.91 Å². The largest absolute Gasteiger partial charge is 0.444 e. The monoisotopic (exact) mass is 466 g/mol. The average molecular weight is 467 g/mol. The number of nitrogens with zero attached hydrogens (tertiary/aromatic N) is 3. The lowest BCUT2D eigenvalue weighted by molar-refractivity contribution is -0.114. The number of fused-ring (bicyclic) bond motifs is 3. The van der Waals surface area contributed by atoms with Crippen LogP contribution in [0.15, 0.2) is 42.5 Å². The second-order valence-corrected chi connectivity index (χ2v) is 9.96. The minimum absolute atomic E-state index is 0.106. The number of piperazine rings is 1. The first-order valence-corrected chi connectivity index (χ1v) is 11.8. The van der Waals surface area contributed by atoms with Gasteiger partial charge in [-0.3, -0.25) is 9.69 Å². The van der Waals surface area contributed by atoms with E-state index in [1.807, 2.05) is 51.1 Å². The quantitative estimate of drug-likeness (QED) is 0.599. The highest BCUT2D eigenvalue weighted by atomic mass is 16.6. The number of hydrogen-bond acceptors (Lipinski definition) is 5. The standard InChI is InChI=1S/C26H34N4O4/c1-18(31)27-19-9-10-24-22(15-19)21-7-5-6-8-23(21)30(24)17-20(32)16-28-11-13-29(14-12-28)25(33)34-26(2,3)4/h5-10,15,20,32H,11-14,16-17H2,1-4H3,(H,27,31). The van der Waals surface area contributed by atoms with Gasteiger partial charge in [-0.2, -0.15) is 0 Å². The summed E-state index contributed by atoms with van der Waals surface area (Å²) in [7, 11) is 0. The van der Waals surface area contributed by atoms with Gasteiger partial charge in [0.25, 0.3) is 0 Å². The van der Waals surface area contributed by atoms with Crippen LogP contribution in [0.1, 0.15) is 27.7 Å². The summed E-state index contributed by atoms with van der Waals surface area (Å²) in [5, 5.41) is 15.9. The number of para-hydroxylation sites is 1. The molecular weight excluding hydrogens is 432 g/mol. The number of aliphatic hydroxyl groups excluding tert-OH is 1. The molecule has 1 aliphatic rings. The molecule has 34 heavy (non-hydrogen) atoms. The van der Waals surface area contributed by atoms with Gasteiger partial charge < -0.3 is 24.6 Å². The first-order valence-electron chi connectivity index (χ1n) is 11.8. The number of anilines is 1. The summed E-state index contributed by atoms with van der Waals surface area (Å²) < 4.78 is 7.61. The van der Waals surface area contributed by atoms with Crippen LogP contribution in [0, 0.1) is 0 Å². The lowest BCUT2D eigenvalue weighted by Crippen LogP contribution is -2.51. The van der Waals surface area contributed by atoms with Crippen LogP contribution < -0.4 is 5.32 Å². The number of carbonyl (C=O) groups is 2. The number of benzene rings is 2. The molecule has 1 saturated heterocycles. The number of β-amino-alcohol motifs (C(OH)–C–C–N with tert-alkyl or cyclic N) is 1. The van der Waals surface area contributed by atoms with Crippen molar-refractivity contribution < 1.29 is 19.4 Å². The van der Waals surface area contributed by atoms with Gasteiger partial charge in [0.05, 0.1) is 12.6 Å². The van der Waals surface area contributed by atoms with Gasteiger partial charge in [0.1, 0.15) is 5.60 Å². The summed E-state index contributed by atoms with van der Waals surface area (Å²) in [5.74, 6) is -0.106. The molecule has 2 amide bonds. The molecule has 0 bridgehead atoms. The molecule has 1 unspecified atom stereocenters. The second kappa shape index (κ2) is 9.64. The van der Waals surface area contributed by atoms with Crippen molar-refractivity contribution in [2.45, 2.75) is 45.9 Å². The summed E-state index contributed by atoms with van der Waals surface area (Å²) in [6, 6.07) is 14.0. The fraction of sp³-hybridized carbons (Fsp3) is 0.462. The van der Waals surface area contributed by atoms with Crippen LogP contribution in [-0.2, 0) is 16.1 Å². The fourth-order valence-electron chi connectivity index (χ4n) is 4.54. The Bertz CT molecular complexity index is 1190. The Balaban J connectivity index is 1.44. The topological polar surface area (TPSA) is 87.0 Å². The molecule has 2 heterocycles. The maximum Gasteiger partial charge on any atom is 0.410 e. The van der Waals surface area contributed by atoms with E-state index in [1.165, 1.54) is 6.92 Å². The van der Waals surface area contributed by atoms with Crippen LogP contribution in [0.25, 0.3) is 21.8 Å². The molecule has 0 saturated carbocycles. The van der Waals surface area contributed by atoms with Gasteiger partial charge in [-0.1, -0.05) is 18.2 Å². The minimum Gasteiger partial charge on any atom is -0.444 e. The summed E-state index contributed by atoms with van der Waals surface area (Å²) in [5.41, 5.74) is 2.32. The molecule has 4 rings (SSSR count). The highest BCUT2D eigenvalue weighted by Crippen LogP contribution is 2.31. The maximum atomic E-state index is 12.3. The molecule has 0 aliphatic carbocycles. The third-order valence-electron chi connectivity index (χ3n) is 5.98. The zero-order chi connectivity index (χ0) is 24.5. The van der Waals surface area contributed by atoms with E-state index in [4.69, 9.17) is 4.74 Å². The lowest BCUT2D eigenvalue weighted by atomic mass is 10.1. The van der Waals surface area contributed by atoms with Gasteiger partial charge in [-0.25, -0.2) is 4.79 Å². The van der Waals surface area contributed by atoms with E-state index in [0.29, 0.717) is 39.3 Å². The van der Waals surface area contributed by atoms with E-state index in [0.717, 1.165) is 27.5 Å². The van der Waals surface area contributed by atoms with Crippen LogP contribution in [0.4, 0.5) is 10.5 Å². The van der Waals surface area contributed by atoms with E-state index in [2.05, 4.69) is 26.9 Å². The van der Waals surface area contributed by atoms with Crippen molar-refractivity contribution >= 4 is 39.5 Å². The number of ether oxygens (including phenoxy) is 1. The van der Waals surface area contributed by atoms with Crippen LogP contribution in [0.3, 0.4) is 0 Å². The number of aromatic nitrogens is 1. The molecule has 1 aliphatic heterocycles. The van der Waals surface area contributed by atoms with E-state index < -0.39 is 11.7 Å². The van der Waals surface area contributed by atoms with Gasteiger partial charge >= 0.3 is 6.09 Å². The summed E-state index contributed by atoms with van der Waals surface area (Å²) >= 11 is 0. The number of nitrogens with one attached hydrogen (secondary N) is 1. The molecule has 1 fully saturated rings. The number of carbonyl (C=O) groups excluding carboxylic acids is 2. The Labute approximate surface area is 200 Å². The van der Waals surface area contributed by atoms with E-state index >= 15 is 0 Å². The van der Waals surface area contributed by atoms with Crippen molar-refractivity contribution in [3.05, 3.63) is 42.5 Å². The molecule has 2 N–H and O–H groups in total. The summed E-state index contributed by atoms with van der Waals surface area (Å²) in [6.07, 6.45) is -0.848. The molecular formula is C26H34N4O4. The molecule has 182 valence electrons. The van der Waals surface area contributed by atoms with Crippen molar-refractivity contribution in [3.63, 3.8) is 0 Å². The van der Waals surface area contributed by atoms with E-state index in [9.17, 15) is 14.7 Å². The van der Waals surface area contributed by atoms with E-state index in [1.54, 1.807) is 4.90 Å². The van der Waals surface area contributed by atoms with Crippen LogP contribution in [0.5, 0.6) is 0 Å². The highest BCUT2D eigenvalue weighted by Gasteiger charge is 2.27. The fourth-order valence-corrected chi connectivity index (χ4v) is 4.54. The van der Waals surface area contributed by atoms with Crippen LogP contribution in [0.2, 0.25) is 0 Å². The lowest BCUT2D eigenvalue weighted by Gasteiger charge is -2.36. The normalized spacial score (nSPS) is 16.1. The number of amides is 2. The van der Waals surface area contributed by atoms with Crippen molar-refractivity contribution in [1.82, 2.24) is 14.4 Å². The molecule has 3 aromatic rings. The zero-order valence-electron chi connectivity index (χ0n) is 20.4. The Morgan fingerprint density at radius 1 is 1.00 bits per heavy atom. The van der Waals surface area contributed by atoms with Crippen molar-refractivity contribution in [1.29, 1.82) is 0 Å². The molecule has 0 spiro atoms. The molecule has 0 radical (unpaired) electrons. The first-order chi connectivity index (χ1) is 16.1. The maximum absolute atomic E-state index is 12.3. The Morgan fingerprint density at radius 2 is 1.68 bits per heavy atom. The minimum atomic E-state index is -0.567. The van der Waals surface area contributed by atoms with Gasteiger partial charge in [0.15, 0.2) is 0 Å². The van der Waals surface area contributed by atoms with Gasteiger partial charge in [0, 0.05) is 67.1 Å². The molecule has 1 atom stereocenters. The number of aliphatic hydroxyl groups is 1. The second-order valence-electron chi connectivity index (χ2n) is 9.96.